The zero-order valence-corrected chi connectivity index (χ0v) is 9.53. The van der Waals surface area contributed by atoms with E-state index in [9.17, 15) is 5.11 Å². The second-order valence-electron chi connectivity index (χ2n) is 3.53. The molecule has 15 heavy (non-hydrogen) atoms. The van der Waals surface area contributed by atoms with Gasteiger partial charge in [0.1, 0.15) is 0 Å². The van der Waals surface area contributed by atoms with Gasteiger partial charge in [-0.2, -0.15) is 0 Å². The molecule has 0 saturated heterocycles. The summed E-state index contributed by atoms with van der Waals surface area (Å²) in [6, 6.07) is 1.97. The zero-order valence-electron chi connectivity index (χ0n) is 9.53. The van der Waals surface area contributed by atoms with Gasteiger partial charge in [0.2, 0.25) is 0 Å². The molecule has 0 radical (unpaired) electrons. The average Bonchev–Trinajstić information content (AvgIpc) is 2.25. The number of aryl methyl sites for hydroxylation is 1. The van der Waals surface area contributed by atoms with Crippen molar-refractivity contribution < 1.29 is 9.84 Å². The van der Waals surface area contributed by atoms with E-state index < -0.39 is 0 Å². The van der Waals surface area contributed by atoms with Crippen LogP contribution < -0.4 is 4.90 Å². The Balaban J connectivity index is 2.85. The van der Waals surface area contributed by atoms with Crippen molar-refractivity contribution in [2.24, 2.45) is 0 Å². The van der Waals surface area contributed by atoms with Crippen molar-refractivity contribution in [2.45, 2.75) is 13.5 Å². The molecule has 0 atom stereocenters. The summed E-state index contributed by atoms with van der Waals surface area (Å²) in [6.45, 7) is 3.42. The first kappa shape index (κ1) is 11.9. The highest BCUT2D eigenvalue weighted by Gasteiger charge is 2.07. The minimum atomic E-state index is 0.0138. The Kier molecular flexibility index (Phi) is 4.52. The highest BCUT2D eigenvalue weighted by Crippen LogP contribution is 2.19. The maximum absolute atomic E-state index is 9.19. The van der Waals surface area contributed by atoms with E-state index >= 15 is 0 Å². The molecule has 1 rings (SSSR count). The van der Waals surface area contributed by atoms with Crippen LogP contribution in [0.2, 0.25) is 0 Å². The summed E-state index contributed by atoms with van der Waals surface area (Å²) >= 11 is 0. The SMILES string of the molecule is COCCN(C)c1cc(C)ncc1CO. The number of aromatic nitrogens is 1. The van der Waals surface area contributed by atoms with Crippen LogP contribution in [-0.4, -0.2) is 37.4 Å². The Labute approximate surface area is 90.5 Å². The molecule has 0 aliphatic heterocycles. The molecule has 0 unspecified atom stereocenters. The molecule has 0 aromatic carbocycles. The number of hydrogen-bond donors (Lipinski definition) is 1. The first-order valence-electron chi connectivity index (χ1n) is 4.95. The molecule has 1 heterocycles. The summed E-state index contributed by atoms with van der Waals surface area (Å²) in [4.78, 5) is 6.21. The van der Waals surface area contributed by atoms with Crippen LogP contribution in [0.5, 0.6) is 0 Å². The summed E-state index contributed by atoms with van der Waals surface area (Å²) in [5, 5.41) is 9.19. The quantitative estimate of drug-likeness (QED) is 0.786. The highest BCUT2D eigenvalue weighted by molar-refractivity contribution is 5.52. The van der Waals surface area contributed by atoms with Crippen molar-refractivity contribution in [3.8, 4) is 0 Å². The van der Waals surface area contributed by atoms with Gasteiger partial charge in [-0.1, -0.05) is 0 Å². The molecular weight excluding hydrogens is 192 g/mol. The second-order valence-corrected chi connectivity index (χ2v) is 3.53. The van der Waals surface area contributed by atoms with Gasteiger partial charge in [-0.25, -0.2) is 0 Å². The Morgan fingerprint density at radius 3 is 2.87 bits per heavy atom. The first-order chi connectivity index (χ1) is 7.19. The molecule has 1 aromatic rings. The predicted octanol–water partition coefficient (Wildman–Crippen LogP) is 0.965. The maximum atomic E-state index is 9.19. The van der Waals surface area contributed by atoms with Crippen LogP contribution >= 0.6 is 0 Å². The van der Waals surface area contributed by atoms with Crippen LogP contribution in [0.4, 0.5) is 5.69 Å². The topological polar surface area (TPSA) is 45.6 Å². The standard InChI is InChI=1S/C11H18N2O2/c1-9-6-11(10(8-14)7-12-9)13(2)4-5-15-3/h6-7,14H,4-5,8H2,1-3H3. The van der Waals surface area contributed by atoms with Gasteiger partial charge >= 0.3 is 0 Å². The molecule has 0 spiro atoms. The van der Waals surface area contributed by atoms with Gasteiger partial charge in [0.15, 0.2) is 0 Å². The number of methoxy groups -OCH3 is 1. The van der Waals surface area contributed by atoms with Gasteiger partial charge in [0, 0.05) is 43.8 Å². The molecule has 4 nitrogen and oxygen atoms in total. The van der Waals surface area contributed by atoms with E-state index in [1.807, 2.05) is 20.0 Å². The summed E-state index contributed by atoms with van der Waals surface area (Å²) in [5.41, 5.74) is 2.81. The van der Waals surface area contributed by atoms with Gasteiger partial charge < -0.3 is 14.7 Å². The monoisotopic (exact) mass is 210 g/mol. The van der Waals surface area contributed by atoms with Gasteiger partial charge in [0.25, 0.3) is 0 Å². The number of pyridine rings is 1. The Hall–Kier alpha value is -1.13. The Bertz CT molecular complexity index is 315. The normalized spacial score (nSPS) is 10.4. The number of hydrogen-bond acceptors (Lipinski definition) is 4. The lowest BCUT2D eigenvalue weighted by molar-refractivity contribution is 0.206. The predicted molar refractivity (Wildman–Crippen MR) is 60.0 cm³/mol. The molecule has 1 aromatic heterocycles. The largest absolute Gasteiger partial charge is 0.392 e. The molecule has 4 heteroatoms. The van der Waals surface area contributed by atoms with E-state index in [1.165, 1.54) is 0 Å². The van der Waals surface area contributed by atoms with Gasteiger partial charge in [0.05, 0.1) is 13.2 Å². The van der Waals surface area contributed by atoms with Crippen molar-refractivity contribution in [1.82, 2.24) is 4.98 Å². The fourth-order valence-electron chi connectivity index (χ4n) is 1.40. The maximum Gasteiger partial charge on any atom is 0.0717 e. The van der Waals surface area contributed by atoms with E-state index in [2.05, 4.69) is 9.88 Å². The summed E-state index contributed by atoms with van der Waals surface area (Å²) in [7, 11) is 3.66. The summed E-state index contributed by atoms with van der Waals surface area (Å²) < 4.78 is 5.02. The Morgan fingerprint density at radius 1 is 1.53 bits per heavy atom. The lowest BCUT2D eigenvalue weighted by Crippen LogP contribution is -2.23. The van der Waals surface area contributed by atoms with E-state index in [4.69, 9.17) is 4.74 Å². The van der Waals surface area contributed by atoms with E-state index in [1.54, 1.807) is 13.3 Å². The van der Waals surface area contributed by atoms with Crippen LogP contribution in [0.15, 0.2) is 12.3 Å². The van der Waals surface area contributed by atoms with Crippen LogP contribution in [-0.2, 0) is 11.3 Å². The number of rotatable bonds is 5. The zero-order chi connectivity index (χ0) is 11.3. The van der Waals surface area contributed by atoms with Crippen LogP contribution in [0.25, 0.3) is 0 Å². The second kappa shape index (κ2) is 5.68. The minimum absolute atomic E-state index is 0.0138. The van der Waals surface area contributed by atoms with Crippen molar-refractivity contribution in [3.05, 3.63) is 23.5 Å². The molecule has 0 fully saturated rings. The van der Waals surface area contributed by atoms with Gasteiger partial charge in [-0.05, 0) is 13.0 Å². The number of aliphatic hydroxyl groups excluding tert-OH is 1. The lowest BCUT2D eigenvalue weighted by atomic mass is 10.2. The summed E-state index contributed by atoms with van der Waals surface area (Å²) in [6.07, 6.45) is 1.72. The number of anilines is 1. The lowest BCUT2D eigenvalue weighted by Gasteiger charge is -2.21. The Morgan fingerprint density at radius 2 is 2.27 bits per heavy atom. The molecule has 1 N–H and O–H groups in total. The average molecular weight is 210 g/mol. The number of ether oxygens (including phenoxy) is 1. The number of nitrogens with zero attached hydrogens (tertiary/aromatic N) is 2. The number of aliphatic hydroxyl groups is 1. The molecule has 0 aliphatic rings. The third-order valence-electron chi connectivity index (χ3n) is 2.31. The fourth-order valence-corrected chi connectivity index (χ4v) is 1.40. The number of likely N-dealkylation sites (N-methyl/N-ethyl adjacent to an activating group) is 1. The third-order valence-corrected chi connectivity index (χ3v) is 2.31. The minimum Gasteiger partial charge on any atom is -0.392 e. The highest BCUT2D eigenvalue weighted by atomic mass is 16.5. The molecule has 0 amide bonds. The van der Waals surface area contributed by atoms with Crippen molar-refractivity contribution in [2.75, 3.05) is 32.2 Å². The van der Waals surface area contributed by atoms with Crippen molar-refractivity contribution in [1.29, 1.82) is 0 Å². The van der Waals surface area contributed by atoms with Gasteiger partial charge in [-0.3, -0.25) is 4.98 Å². The van der Waals surface area contributed by atoms with E-state index in [0.717, 1.165) is 23.5 Å². The van der Waals surface area contributed by atoms with E-state index in [-0.39, 0.29) is 6.61 Å². The van der Waals surface area contributed by atoms with Crippen LogP contribution in [0, 0.1) is 6.92 Å². The summed E-state index contributed by atoms with van der Waals surface area (Å²) in [5.74, 6) is 0. The van der Waals surface area contributed by atoms with Crippen LogP contribution in [0.1, 0.15) is 11.3 Å². The van der Waals surface area contributed by atoms with Crippen molar-refractivity contribution in [3.63, 3.8) is 0 Å². The molecule has 84 valence electrons. The van der Waals surface area contributed by atoms with E-state index in [0.29, 0.717) is 6.61 Å². The van der Waals surface area contributed by atoms with Crippen LogP contribution in [0.3, 0.4) is 0 Å². The smallest absolute Gasteiger partial charge is 0.0717 e. The molecule has 0 saturated carbocycles. The molecule has 0 bridgehead atoms. The van der Waals surface area contributed by atoms with Crippen molar-refractivity contribution >= 4 is 5.69 Å². The first-order valence-corrected chi connectivity index (χ1v) is 4.95. The molecule has 0 aliphatic carbocycles. The third kappa shape index (κ3) is 3.18. The fraction of sp³-hybridized carbons (Fsp3) is 0.545. The van der Waals surface area contributed by atoms with Gasteiger partial charge in [-0.15, -0.1) is 0 Å². The molecular formula is C11H18N2O2.